The van der Waals surface area contributed by atoms with E-state index in [9.17, 15) is 9.90 Å². The van der Waals surface area contributed by atoms with Crippen LogP contribution in [0.15, 0.2) is 12.3 Å². The first kappa shape index (κ1) is 10.4. The predicted octanol–water partition coefficient (Wildman–Crippen LogP) is 1.58. The van der Waals surface area contributed by atoms with Gasteiger partial charge >= 0.3 is 5.97 Å². The van der Waals surface area contributed by atoms with Crippen LogP contribution in [0.25, 0.3) is 0 Å². The molecule has 5 heteroatoms. The molecule has 1 aromatic heterocycles. The lowest BCUT2D eigenvalue weighted by Gasteiger charge is -2.01. The van der Waals surface area contributed by atoms with E-state index in [1.807, 2.05) is 6.92 Å². The molecule has 0 atom stereocenters. The number of esters is 1. The van der Waals surface area contributed by atoms with E-state index in [0.29, 0.717) is 6.61 Å². The minimum Gasteiger partial charge on any atom is -0.461 e. The number of ether oxygens (including phenoxy) is 1. The van der Waals surface area contributed by atoms with Crippen LogP contribution in [0.3, 0.4) is 0 Å². The second-order valence-corrected chi connectivity index (χ2v) is 2.77. The summed E-state index contributed by atoms with van der Waals surface area (Å²) in [4.78, 5) is 11.2. The number of hydrogen-bond donors (Lipinski definition) is 0. The highest BCUT2D eigenvalue weighted by Gasteiger charge is 2.10. The Bertz CT molecular complexity index is 315. The molecule has 0 aromatic carbocycles. The molecule has 0 aliphatic carbocycles. The van der Waals surface area contributed by atoms with Crippen molar-refractivity contribution in [3.05, 3.63) is 18.0 Å². The van der Waals surface area contributed by atoms with E-state index in [2.05, 4.69) is 10.2 Å². The molecule has 1 radical (unpaired) electrons. The Hall–Kier alpha value is -1.65. The number of carbonyl (C=O) groups excluding carboxylic acids is 1. The van der Waals surface area contributed by atoms with Crippen molar-refractivity contribution in [2.45, 2.75) is 19.8 Å². The van der Waals surface area contributed by atoms with Gasteiger partial charge in [-0.3, -0.25) is 5.11 Å². The van der Waals surface area contributed by atoms with Crippen LogP contribution in [0, 0.1) is 0 Å². The van der Waals surface area contributed by atoms with Gasteiger partial charge in [0.15, 0.2) is 5.69 Å². The summed E-state index contributed by atoms with van der Waals surface area (Å²) in [5.41, 5.74) is -0.0337. The third-order valence-electron chi connectivity index (χ3n) is 1.57. The fourth-order valence-corrected chi connectivity index (χ4v) is 0.832. The Morgan fingerprint density at radius 1 is 1.57 bits per heavy atom. The fraction of sp³-hybridized carbons (Fsp3) is 0.444. The van der Waals surface area contributed by atoms with Crippen molar-refractivity contribution >= 4 is 5.97 Å². The largest absolute Gasteiger partial charge is 0.461 e. The topological polar surface area (TPSA) is 72.0 Å². The standard InChI is InChI=1S/C9H11N2O3/c1-2-3-4-14-9(13)8-5-7(12)6-10-11-8/h5-6H,2-4H2,1H3. The van der Waals surface area contributed by atoms with E-state index < -0.39 is 5.97 Å². The molecule has 75 valence electrons. The molecular formula is C9H11N2O3. The van der Waals surface area contributed by atoms with Crippen molar-refractivity contribution in [2.24, 2.45) is 0 Å². The molecule has 0 saturated carbocycles. The van der Waals surface area contributed by atoms with Crippen LogP contribution in [0.1, 0.15) is 30.3 Å². The van der Waals surface area contributed by atoms with Gasteiger partial charge in [-0.15, -0.1) is 5.10 Å². The molecule has 1 aromatic rings. The zero-order valence-corrected chi connectivity index (χ0v) is 7.90. The fourth-order valence-electron chi connectivity index (χ4n) is 0.832. The van der Waals surface area contributed by atoms with Gasteiger partial charge in [-0.2, -0.15) is 5.10 Å². The number of aromatic nitrogens is 2. The molecular weight excluding hydrogens is 184 g/mol. The monoisotopic (exact) mass is 195 g/mol. The van der Waals surface area contributed by atoms with Gasteiger partial charge in [0, 0.05) is 6.07 Å². The van der Waals surface area contributed by atoms with Crippen LogP contribution in [-0.2, 0) is 9.84 Å². The van der Waals surface area contributed by atoms with Gasteiger partial charge in [-0.25, -0.2) is 4.79 Å². The molecule has 0 aliphatic heterocycles. The molecule has 14 heavy (non-hydrogen) atoms. The van der Waals surface area contributed by atoms with Crippen molar-refractivity contribution in [2.75, 3.05) is 6.61 Å². The molecule has 1 heterocycles. The second kappa shape index (κ2) is 5.16. The number of unbranched alkanes of at least 4 members (excludes halogenated alkanes) is 1. The normalized spacial score (nSPS) is 9.79. The third kappa shape index (κ3) is 3.01. The smallest absolute Gasteiger partial charge is 0.359 e. The van der Waals surface area contributed by atoms with Gasteiger partial charge in [-0.05, 0) is 6.42 Å². The minimum atomic E-state index is -0.594. The molecule has 1 rings (SSSR count). The van der Waals surface area contributed by atoms with Gasteiger partial charge < -0.3 is 4.74 Å². The van der Waals surface area contributed by atoms with Crippen molar-refractivity contribution in [1.29, 1.82) is 0 Å². The van der Waals surface area contributed by atoms with E-state index in [4.69, 9.17) is 4.74 Å². The van der Waals surface area contributed by atoms with Gasteiger partial charge in [0.25, 0.3) is 0 Å². The Balaban J connectivity index is 2.52. The van der Waals surface area contributed by atoms with Crippen molar-refractivity contribution in [1.82, 2.24) is 10.2 Å². The summed E-state index contributed by atoms with van der Waals surface area (Å²) in [5.74, 6) is -0.939. The molecule has 0 saturated heterocycles. The first-order valence-corrected chi connectivity index (χ1v) is 4.41. The van der Waals surface area contributed by atoms with E-state index in [1.54, 1.807) is 0 Å². The van der Waals surface area contributed by atoms with E-state index in [1.165, 1.54) is 0 Å². The third-order valence-corrected chi connectivity index (χ3v) is 1.57. The summed E-state index contributed by atoms with van der Waals surface area (Å²) in [6.07, 6.45) is 2.79. The molecule has 0 aliphatic rings. The Labute approximate surface area is 81.7 Å². The molecule has 0 N–H and O–H groups in total. The van der Waals surface area contributed by atoms with Crippen LogP contribution in [0.2, 0.25) is 0 Å². The van der Waals surface area contributed by atoms with Crippen molar-refractivity contribution < 1.29 is 14.6 Å². The SMILES string of the molecule is CCCCOC(=O)c1cc([O])cnn1. The highest BCUT2D eigenvalue weighted by Crippen LogP contribution is 2.08. The summed E-state index contributed by atoms with van der Waals surface area (Å²) in [5, 5.41) is 17.7. The zero-order valence-electron chi connectivity index (χ0n) is 7.90. The molecule has 0 fully saturated rings. The maximum Gasteiger partial charge on any atom is 0.359 e. The second-order valence-electron chi connectivity index (χ2n) is 2.77. The van der Waals surface area contributed by atoms with Crippen LogP contribution < -0.4 is 0 Å². The Kier molecular flexibility index (Phi) is 3.84. The number of rotatable bonds is 4. The summed E-state index contributed by atoms with van der Waals surface area (Å²) in [6, 6.07) is 1.11. The van der Waals surface area contributed by atoms with Gasteiger partial charge in [0.1, 0.15) is 0 Å². The maximum atomic E-state index is 11.2. The molecule has 0 bridgehead atoms. The highest BCUT2D eigenvalue weighted by atomic mass is 16.5. The molecule has 0 amide bonds. The zero-order chi connectivity index (χ0) is 10.4. The first-order valence-electron chi connectivity index (χ1n) is 4.41. The van der Waals surface area contributed by atoms with Crippen LogP contribution in [-0.4, -0.2) is 22.8 Å². The summed E-state index contributed by atoms with van der Waals surface area (Å²) < 4.78 is 4.84. The average Bonchev–Trinajstić information content (AvgIpc) is 2.18. The lowest BCUT2D eigenvalue weighted by atomic mass is 10.3. The minimum absolute atomic E-state index is 0.0337. The summed E-state index contributed by atoms with van der Waals surface area (Å²) in [7, 11) is 0. The van der Waals surface area contributed by atoms with Gasteiger partial charge in [0.05, 0.1) is 12.8 Å². The van der Waals surface area contributed by atoms with Crippen LogP contribution in [0.4, 0.5) is 0 Å². The quantitative estimate of drug-likeness (QED) is 0.540. The Morgan fingerprint density at radius 3 is 3.00 bits per heavy atom. The van der Waals surface area contributed by atoms with E-state index in [0.717, 1.165) is 25.1 Å². The lowest BCUT2D eigenvalue weighted by Crippen LogP contribution is -2.08. The number of hydrogen-bond acceptors (Lipinski definition) is 4. The Morgan fingerprint density at radius 2 is 2.36 bits per heavy atom. The van der Waals surface area contributed by atoms with Crippen molar-refractivity contribution in [3.63, 3.8) is 0 Å². The van der Waals surface area contributed by atoms with Gasteiger partial charge in [-0.1, -0.05) is 13.3 Å². The highest BCUT2D eigenvalue weighted by molar-refractivity contribution is 5.87. The predicted molar refractivity (Wildman–Crippen MR) is 47.4 cm³/mol. The average molecular weight is 195 g/mol. The summed E-state index contributed by atoms with van der Waals surface area (Å²) >= 11 is 0. The first-order chi connectivity index (χ1) is 6.74. The maximum absolute atomic E-state index is 11.2. The summed E-state index contributed by atoms with van der Waals surface area (Å²) in [6.45, 7) is 2.34. The lowest BCUT2D eigenvalue weighted by molar-refractivity contribution is 0.0490. The molecule has 0 unspecified atom stereocenters. The van der Waals surface area contributed by atoms with Crippen LogP contribution >= 0.6 is 0 Å². The van der Waals surface area contributed by atoms with E-state index in [-0.39, 0.29) is 11.4 Å². The van der Waals surface area contributed by atoms with Crippen molar-refractivity contribution in [3.8, 4) is 5.75 Å². The molecule has 0 spiro atoms. The van der Waals surface area contributed by atoms with Crippen LogP contribution in [0.5, 0.6) is 5.75 Å². The number of nitrogens with zero attached hydrogens (tertiary/aromatic N) is 2. The van der Waals surface area contributed by atoms with Gasteiger partial charge in [0.2, 0.25) is 5.75 Å². The van der Waals surface area contributed by atoms with E-state index >= 15 is 0 Å². The number of carbonyl (C=O) groups is 1. The molecule has 5 nitrogen and oxygen atoms in total.